The number of hydrogen-bond donors (Lipinski definition) is 2. The molecule has 0 spiro atoms. The van der Waals surface area contributed by atoms with Gasteiger partial charge in [0, 0.05) is 35.1 Å². The van der Waals surface area contributed by atoms with Crippen molar-refractivity contribution < 1.29 is 9.90 Å². The van der Waals surface area contributed by atoms with Crippen LogP contribution in [-0.2, 0) is 19.5 Å². The predicted octanol–water partition coefficient (Wildman–Crippen LogP) is 5.45. The lowest BCUT2D eigenvalue weighted by Gasteiger charge is -2.13. The Labute approximate surface area is 183 Å². The second kappa shape index (κ2) is 9.50. The largest absolute Gasteiger partial charge is 0.478 e. The van der Waals surface area contributed by atoms with Crippen LogP contribution in [0, 0.1) is 27.7 Å². The number of rotatable bonds is 8. The highest BCUT2D eigenvalue weighted by atomic mass is 35.5. The molecule has 0 fully saturated rings. The van der Waals surface area contributed by atoms with Gasteiger partial charge >= 0.3 is 5.97 Å². The average Bonchev–Trinajstić information content (AvgIpc) is 2.93. The number of aromatic nitrogens is 1. The molecule has 1 heterocycles. The van der Waals surface area contributed by atoms with Crippen LogP contribution in [0.3, 0.4) is 0 Å². The summed E-state index contributed by atoms with van der Waals surface area (Å²) >= 11 is 5.94. The Hall–Kier alpha value is -2.56. The van der Waals surface area contributed by atoms with Crippen molar-refractivity contribution in [3.05, 3.63) is 92.3 Å². The van der Waals surface area contributed by atoms with Gasteiger partial charge in [-0.15, -0.1) is 0 Å². The molecule has 30 heavy (non-hydrogen) atoms. The zero-order chi connectivity index (χ0) is 21.8. The monoisotopic (exact) mass is 424 g/mol. The van der Waals surface area contributed by atoms with Crippen LogP contribution in [0.4, 0.5) is 0 Å². The lowest BCUT2D eigenvalue weighted by molar-refractivity contribution is 0.0694. The summed E-state index contributed by atoms with van der Waals surface area (Å²) in [5.41, 5.74) is 7.92. The molecule has 5 heteroatoms. The number of nitrogens with zero attached hydrogens (tertiary/aromatic N) is 1. The molecule has 3 rings (SSSR count). The Morgan fingerprint density at radius 2 is 1.73 bits per heavy atom. The third kappa shape index (κ3) is 4.94. The van der Waals surface area contributed by atoms with E-state index < -0.39 is 5.97 Å². The molecule has 4 nitrogen and oxygen atoms in total. The number of aryl methyl sites for hydroxylation is 2. The van der Waals surface area contributed by atoms with Gasteiger partial charge in [0.2, 0.25) is 0 Å². The molecule has 0 saturated carbocycles. The molecule has 0 aliphatic carbocycles. The van der Waals surface area contributed by atoms with Crippen LogP contribution in [-0.4, -0.2) is 22.2 Å². The van der Waals surface area contributed by atoms with Gasteiger partial charge in [0.1, 0.15) is 0 Å². The van der Waals surface area contributed by atoms with Gasteiger partial charge < -0.3 is 15.0 Å². The minimum Gasteiger partial charge on any atom is -0.478 e. The molecule has 0 aliphatic heterocycles. The average molecular weight is 425 g/mol. The molecule has 2 N–H and O–H groups in total. The SMILES string of the molecule is Cc1ccc(C)c(Cn2c(C)c(CNCCc3ccc(Cl)cc3)c(C(=O)O)c2C)c1. The molecule has 0 saturated heterocycles. The third-order valence-corrected chi connectivity index (χ3v) is 6.01. The van der Waals surface area contributed by atoms with Gasteiger partial charge in [0.25, 0.3) is 0 Å². The van der Waals surface area contributed by atoms with E-state index in [-0.39, 0.29) is 0 Å². The first-order chi connectivity index (χ1) is 14.3. The molecule has 3 aromatic rings. The highest BCUT2D eigenvalue weighted by molar-refractivity contribution is 6.30. The Morgan fingerprint density at radius 3 is 2.40 bits per heavy atom. The number of carboxylic acids is 1. The fraction of sp³-hybridized carbons (Fsp3) is 0.320. The highest BCUT2D eigenvalue weighted by Crippen LogP contribution is 2.25. The first kappa shape index (κ1) is 22.1. The zero-order valence-electron chi connectivity index (χ0n) is 18.1. The number of halogens is 1. The molecular formula is C25H29ClN2O2. The van der Waals surface area contributed by atoms with Crippen LogP contribution < -0.4 is 5.32 Å². The molecule has 0 bridgehead atoms. The summed E-state index contributed by atoms with van der Waals surface area (Å²) in [5, 5.41) is 14.0. The van der Waals surface area contributed by atoms with Gasteiger partial charge in [-0.3, -0.25) is 0 Å². The molecule has 0 atom stereocenters. The van der Waals surface area contributed by atoms with E-state index in [9.17, 15) is 9.90 Å². The van der Waals surface area contributed by atoms with Crippen LogP contribution in [0.25, 0.3) is 0 Å². The second-order valence-corrected chi connectivity index (χ2v) is 8.34. The maximum atomic E-state index is 12.0. The van der Waals surface area contributed by atoms with Crippen molar-refractivity contribution in [2.24, 2.45) is 0 Å². The van der Waals surface area contributed by atoms with Crippen LogP contribution in [0.5, 0.6) is 0 Å². The van der Waals surface area contributed by atoms with Crippen molar-refractivity contribution in [3.8, 4) is 0 Å². The number of benzene rings is 2. The van der Waals surface area contributed by atoms with E-state index in [1.165, 1.54) is 22.3 Å². The quantitative estimate of drug-likeness (QED) is 0.472. The molecule has 0 unspecified atom stereocenters. The third-order valence-electron chi connectivity index (χ3n) is 5.76. The van der Waals surface area contributed by atoms with E-state index in [2.05, 4.69) is 41.9 Å². The topological polar surface area (TPSA) is 54.3 Å². The number of carboxylic acid groups (broad SMARTS) is 1. The summed E-state index contributed by atoms with van der Waals surface area (Å²) in [4.78, 5) is 12.0. The first-order valence-corrected chi connectivity index (χ1v) is 10.6. The van der Waals surface area contributed by atoms with E-state index in [0.29, 0.717) is 18.7 Å². The predicted molar refractivity (Wildman–Crippen MR) is 123 cm³/mol. The zero-order valence-corrected chi connectivity index (χ0v) is 18.8. The van der Waals surface area contributed by atoms with Gasteiger partial charge in [0.15, 0.2) is 0 Å². The maximum absolute atomic E-state index is 12.0. The minimum atomic E-state index is -0.871. The maximum Gasteiger partial charge on any atom is 0.337 e. The fourth-order valence-corrected chi connectivity index (χ4v) is 4.05. The lowest BCUT2D eigenvalue weighted by Crippen LogP contribution is -2.18. The van der Waals surface area contributed by atoms with Crippen LogP contribution >= 0.6 is 11.6 Å². The molecule has 0 radical (unpaired) electrons. The fourth-order valence-electron chi connectivity index (χ4n) is 3.92. The smallest absolute Gasteiger partial charge is 0.337 e. The van der Waals surface area contributed by atoms with Gasteiger partial charge in [-0.25, -0.2) is 4.79 Å². The summed E-state index contributed by atoms with van der Waals surface area (Å²) in [6.45, 7) is 10.1. The molecule has 0 aliphatic rings. The van der Waals surface area contributed by atoms with Crippen LogP contribution in [0.1, 0.15) is 49.6 Å². The van der Waals surface area contributed by atoms with E-state index in [0.717, 1.165) is 34.9 Å². The minimum absolute atomic E-state index is 0.414. The van der Waals surface area contributed by atoms with E-state index >= 15 is 0 Å². The normalized spacial score (nSPS) is 11.1. The highest BCUT2D eigenvalue weighted by Gasteiger charge is 2.22. The number of aromatic carboxylic acids is 1. The molecular weight excluding hydrogens is 396 g/mol. The Balaban J connectivity index is 1.78. The van der Waals surface area contributed by atoms with Crippen LogP contribution in [0.2, 0.25) is 5.02 Å². The lowest BCUT2D eigenvalue weighted by atomic mass is 10.1. The summed E-state index contributed by atoms with van der Waals surface area (Å²) in [7, 11) is 0. The number of carbonyl (C=O) groups is 1. The standard InChI is InChI=1S/C25H29ClN2O2/c1-16-5-6-17(2)21(13-16)15-28-18(3)23(24(19(28)4)25(29)30)14-27-12-11-20-7-9-22(26)10-8-20/h5-10,13,27H,11-12,14-15H2,1-4H3,(H,29,30). The van der Waals surface area contributed by atoms with Crippen molar-refractivity contribution >= 4 is 17.6 Å². The van der Waals surface area contributed by atoms with Gasteiger partial charge in [-0.05, 0) is 69.5 Å². The second-order valence-electron chi connectivity index (χ2n) is 7.90. The van der Waals surface area contributed by atoms with Crippen molar-refractivity contribution in [2.75, 3.05) is 6.54 Å². The van der Waals surface area contributed by atoms with Gasteiger partial charge in [-0.2, -0.15) is 0 Å². The molecule has 1 aromatic heterocycles. The number of hydrogen-bond acceptors (Lipinski definition) is 2. The van der Waals surface area contributed by atoms with Crippen molar-refractivity contribution in [1.29, 1.82) is 0 Å². The summed E-state index contributed by atoms with van der Waals surface area (Å²) in [5.74, 6) is -0.871. The van der Waals surface area contributed by atoms with Gasteiger partial charge in [0.05, 0.1) is 5.56 Å². The Morgan fingerprint density at radius 1 is 1.03 bits per heavy atom. The number of nitrogens with one attached hydrogen (secondary N) is 1. The molecule has 0 amide bonds. The Kier molecular flexibility index (Phi) is 7.01. The summed E-state index contributed by atoms with van der Waals surface area (Å²) < 4.78 is 2.13. The molecule has 158 valence electrons. The van der Waals surface area contributed by atoms with Crippen molar-refractivity contribution in [3.63, 3.8) is 0 Å². The van der Waals surface area contributed by atoms with E-state index in [1.54, 1.807) is 0 Å². The van der Waals surface area contributed by atoms with E-state index in [4.69, 9.17) is 11.6 Å². The first-order valence-electron chi connectivity index (χ1n) is 10.2. The summed E-state index contributed by atoms with van der Waals surface area (Å²) in [6, 6.07) is 14.2. The van der Waals surface area contributed by atoms with Crippen LogP contribution in [0.15, 0.2) is 42.5 Å². The van der Waals surface area contributed by atoms with Crippen molar-refractivity contribution in [1.82, 2.24) is 9.88 Å². The van der Waals surface area contributed by atoms with Crippen molar-refractivity contribution in [2.45, 2.75) is 47.2 Å². The van der Waals surface area contributed by atoms with E-state index in [1.807, 2.05) is 38.1 Å². The molecule has 2 aromatic carbocycles. The van der Waals surface area contributed by atoms with Gasteiger partial charge in [-0.1, -0.05) is 47.5 Å². The summed E-state index contributed by atoms with van der Waals surface area (Å²) in [6.07, 6.45) is 0.862. The Bertz CT molecular complexity index is 1050.